The smallest absolute Gasteiger partial charge is 0.469 e. The van der Waals surface area contributed by atoms with Crippen LogP contribution in [0.5, 0.6) is 0 Å². The molecule has 7 N–H and O–H groups in total. The number of carboxylic acid groups (broad SMARTS) is 3. The number of H-pyrrole nitrogens is 1. The van der Waals surface area contributed by atoms with Crippen molar-refractivity contribution in [2.24, 2.45) is 0 Å². The molecule has 0 amide bonds. The summed E-state index contributed by atoms with van der Waals surface area (Å²) < 4.78 is 21.4. The summed E-state index contributed by atoms with van der Waals surface area (Å²) in [6, 6.07) is 0. The number of aromatic amines is 1. The van der Waals surface area contributed by atoms with Crippen LogP contribution in [0.1, 0.15) is 135 Å². The first-order valence-electron chi connectivity index (χ1n) is 16.5. The van der Waals surface area contributed by atoms with Gasteiger partial charge in [-0.05, 0) is 26.2 Å². The summed E-state index contributed by atoms with van der Waals surface area (Å²) in [4.78, 5) is 72.2. The standard InChI is InChI=1S/C10H15N2O8P.3C7H14O2/c1-5-3-12(10(15)11-9(5)14)8-2-6(13)7(20-8)4-19-21(16,17)18;3*1-2-3-4-5-6-7(8)9/h3,6-8,13H,2,4H2,1H3,(H,11,14,15)(H2,16,17,18);3*2-6H2,1H3,(H,8,9)/t6-,7+,8+;;;/m0.../s1. The number of carboxylic acids is 3. The minimum absolute atomic E-state index is 0.0283. The highest BCUT2D eigenvalue weighted by Gasteiger charge is 2.37. The van der Waals surface area contributed by atoms with Gasteiger partial charge in [0.1, 0.15) is 12.3 Å². The number of aryl methyl sites for hydroxylation is 1. The van der Waals surface area contributed by atoms with E-state index in [0.29, 0.717) is 24.8 Å². The zero-order chi connectivity index (χ0) is 37.1. The molecule has 0 bridgehead atoms. The van der Waals surface area contributed by atoms with Gasteiger partial charge in [0.2, 0.25) is 0 Å². The third-order valence-electron chi connectivity index (χ3n) is 6.80. The van der Waals surface area contributed by atoms with Crippen molar-refractivity contribution in [3.05, 3.63) is 32.6 Å². The number of aliphatic hydroxyl groups excluding tert-OH is 1. The first kappa shape index (κ1) is 47.2. The van der Waals surface area contributed by atoms with Crippen molar-refractivity contribution < 1.29 is 58.4 Å². The van der Waals surface area contributed by atoms with Crippen molar-refractivity contribution in [2.75, 3.05) is 6.61 Å². The van der Waals surface area contributed by atoms with Crippen LogP contribution in [0.2, 0.25) is 0 Å². The summed E-state index contributed by atoms with van der Waals surface area (Å²) >= 11 is 0. The second-order valence-electron chi connectivity index (χ2n) is 11.3. The Hall–Kier alpha value is -2.88. The van der Waals surface area contributed by atoms with Gasteiger partial charge in [-0.1, -0.05) is 78.6 Å². The fourth-order valence-corrected chi connectivity index (χ4v) is 4.46. The average Bonchev–Trinajstić information content (AvgIpc) is 3.37. The van der Waals surface area contributed by atoms with E-state index in [9.17, 15) is 33.6 Å². The lowest BCUT2D eigenvalue weighted by molar-refractivity contribution is -0.138. The van der Waals surface area contributed by atoms with Crippen LogP contribution >= 0.6 is 7.82 Å². The normalized spacial score (nSPS) is 16.8. The number of nitrogens with zero attached hydrogens (tertiary/aromatic N) is 1. The highest BCUT2D eigenvalue weighted by molar-refractivity contribution is 7.46. The lowest BCUT2D eigenvalue weighted by atomic mass is 10.2. The summed E-state index contributed by atoms with van der Waals surface area (Å²) in [5.41, 5.74) is -0.918. The zero-order valence-corrected chi connectivity index (χ0v) is 29.6. The average molecular weight is 713 g/mol. The SMILES string of the molecule is CCCCCCC(=O)O.CCCCCCC(=O)O.CCCCCCC(=O)O.Cc1cn([C@H]2C[C@H](O)[C@@H](COP(=O)(O)O)O2)c(=O)[nH]c1=O. The quantitative estimate of drug-likeness (QED) is 0.0756. The molecule has 280 valence electrons. The van der Waals surface area contributed by atoms with E-state index in [-0.39, 0.29) is 6.42 Å². The van der Waals surface area contributed by atoms with Gasteiger partial charge in [-0.3, -0.25) is 33.3 Å². The van der Waals surface area contributed by atoms with Gasteiger partial charge in [-0.15, -0.1) is 0 Å². The van der Waals surface area contributed by atoms with Crippen LogP contribution in [0, 0.1) is 6.92 Å². The van der Waals surface area contributed by atoms with Gasteiger partial charge < -0.3 is 34.9 Å². The number of carbonyl (C=O) groups is 3. The second kappa shape index (κ2) is 28.0. The van der Waals surface area contributed by atoms with Crippen molar-refractivity contribution in [2.45, 2.75) is 149 Å². The predicted molar refractivity (Wildman–Crippen MR) is 178 cm³/mol. The highest BCUT2D eigenvalue weighted by Crippen LogP contribution is 2.38. The van der Waals surface area contributed by atoms with Gasteiger partial charge in [-0.2, -0.15) is 0 Å². The van der Waals surface area contributed by atoms with Gasteiger partial charge in [0, 0.05) is 37.4 Å². The number of nitrogens with one attached hydrogen (secondary N) is 1. The Labute approximate surface area is 281 Å². The first-order valence-corrected chi connectivity index (χ1v) is 18.0. The molecule has 17 heteroatoms. The van der Waals surface area contributed by atoms with Gasteiger partial charge in [0.25, 0.3) is 5.56 Å². The van der Waals surface area contributed by atoms with E-state index in [1.807, 2.05) is 0 Å². The third kappa shape index (κ3) is 27.1. The number of ether oxygens (including phenoxy) is 1. The molecular formula is C31H57N2O14P. The Morgan fingerprint density at radius 3 is 1.60 bits per heavy atom. The molecule has 48 heavy (non-hydrogen) atoms. The molecule has 0 aromatic carbocycles. The highest BCUT2D eigenvalue weighted by atomic mass is 31.2. The molecule has 0 radical (unpaired) electrons. The van der Waals surface area contributed by atoms with E-state index < -0.39 is 62.0 Å². The van der Waals surface area contributed by atoms with Crippen LogP contribution in [0.3, 0.4) is 0 Å². The Kier molecular flexibility index (Phi) is 27.6. The van der Waals surface area contributed by atoms with Crippen molar-refractivity contribution in [3.8, 4) is 0 Å². The molecule has 1 aliphatic rings. The molecule has 2 heterocycles. The van der Waals surface area contributed by atoms with E-state index in [1.165, 1.54) is 32.4 Å². The Morgan fingerprint density at radius 1 is 0.833 bits per heavy atom. The van der Waals surface area contributed by atoms with Crippen molar-refractivity contribution in [1.82, 2.24) is 9.55 Å². The van der Waals surface area contributed by atoms with Crippen molar-refractivity contribution in [3.63, 3.8) is 0 Å². The Balaban J connectivity index is 0. The molecule has 0 spiro atoms. The van der Waals surface area contributed by atoms with Gasteiger partial charge >= 0.3 is 31.4 Å². The summed E-state index contributed by atoms with van der Waals surface area (Å²) in [6.45, 7) is 7.33. The number of aliphatic hydroxyl groups is 1. The number of aromatic nitrogens is 2. The molecule has 1 aromatic rings. The number of unbranched alkanes of at least 4 members (excludes halogenated alkanes) is 9. The Morgan fingerprint density at radius 2 is 1.25 bits per heavy atom. The number of aliphatic carboxylic acids is 3. The molecule has 1 fully saturated rings. The van der Waals surface area contributed by atoms with Crippen LogP contribution in [-0.4, -0.2) is 76.5 Å². The van der Waals surface area contributed by atoms with Crippen LogP contribution in [0.4, 0.5) is 0 Å². The topological polar surface area (TPSA) is 263 Å². The molecule has 1 saturated heterocycles. The molecule has 0 unspecified atom stereocenters. The monoisotopic (exact) mass is 712 g/mol. The van der Waals surface area contributed by atoms with E-state index in [0.717, 1.165) is 62.4 Å². The number of phosphoric acid groups is 1. The van der Waals surface area contributed by atoms with Gasteiger partial charge in [-0.25, -0.2) is 9.36 Å². The van der Waals surface area contributed by atoms with Crippen LogP contribution in [0.25, 0.3) is 0 Å². The fourth-order valence-electron chi connectivity index (χ4n) is 4.12. The number of hydrogen-bond donors (Lipinski definition) is 7. The molecule has 1 aromatic heterocycles. The van der Waals surface area contributed by atoms with Gasteiger partial charge in [0.05, 0.1) is 12.7 Å². The summed E-state index contributed by atoms with van der Waals surface area (Å²) in [7, 11) is -4.67. The summed E-state index contributed by atoms with van der Waals surface area (Å²) in [6.07, 6.45) is 12.1. The molecule has 0 saturated carbocycles. The molecular weight excluding hydrogens is 655 g/mol. The van der Waals surface area contributed by atoms with Crippen molar-refractivity contribution in [1.29, 1.82) is 0 Å². The maximum Gasteiger partial charge on any atom is 0.469 e. The largest absolute Gasteiger partial charge is 0.481 e. The maximum atomic E-state index is 11.7. The number of rotatable bonds is 19. The van der Waals surface area contributed by atoms with Crippen LogP contribution < -0.4 is 11.2 Å². The van der Waals surface area contributed by atoms with Gasteiger partial charge in [0.15, 0.2) is 0 Å². The van der Waals surface area contributed by atoms with E-state index in [4.69, 9.17) is 29.8 Å². The van der Waals surface area contributed by atoms with Crippen molar-refractivity contribution >= 4 is 25.7 Å². The molecule has 1 aliphatic heterocycles. The minimum atomic E-state index is -4.67. The Bertz CT molecular complexity index is 1140. The van der Waals surface area contributed by atoms with Crippen LogP contribution in [0.15, 0.2) is 15.8 Å². The lowest BCUT2D eigenvalue weighted by Gasteiger charge is -2.16. The third-order valence-corrected chi connectivity index (χ3v) is 7.29. The zero-order valence-electron chi connectivity index (χ0n) is 28.7. The lowest BCUT2D eigenvalue weighted by Crippen LogP contribution is -2.33. The second-order valence-corrected chi connectivity index (χ2v) is 12.5. The molecule has 3 atom stereocenters. The molecule has 16 nitrogen and oxygen atoms in total. The predicted octanol–water partition coefficient (Wildman–Crippen LogP) is 4.73. The summed E-state index contributed by atoms with van der Waals surface area (Å²) in [5.74, 6) is -2.02. The molecule has 0 aliphatic carbocycles. The number of hydrogen-bond acceptors (Lipinski definition) is 9. The summed E-state index contributed by atoms with van der Waals surface area (Å²) in [5, 5.41) is 34.4. The van der Waals surface area contributed by atoms with E-state index >= 15 is 0 Å². The number of phosphoric ester groups is 1. The minimum Gasteiger partial charge on any atom is -0.481 e. The first-order chi connectivity index (χ1) is 22.5. The molecule has 2 rings (SSSR count). The van der Waals surface area contributed by atoms with Crippen LogP contribution in [-0.2, 0) is 28.2 Å². The fraction of sp³-hybridized carbons (Fsp3) is 0.774. The van der Waals surface area contributed by atoms with E-state index in [1.54, 1.807) is 0 Å². The maximum absolute atomic E-state index is 11.7. The van der Waals surface area contributed by atoms with E-state index in [2.05, 4.69) is 30.3 Å².